The zero-order valence-electron chi connectivity index (χ0n) is 15.2. The highest BCUT2D eigenvalue weighted by atomic mass is 19.1. The molecule has 0 spiro atoms. The lowest BCUT2D eigenvalue weighted by Crippen LogP contribution is -2.52. The third-order valence-electron chi connectivity index (χ3n) is 4.16. The summed E-state index contributed by atoms with van der Waals surface area (Å²) in [6.45, 7) is 6.38. The Balaban J connectivity index is 1.68. The minimum Gasteiger partial charge on any atom is -0.382 e. The number of rotatable bonds is 8. The zero-order valence-corrected chi connectivity index (χ0v) is 15.2. The maximum absolute atomic E-state index is 13.0. The molecule has 25 heavy (non-hydrogen) atoms. The molecule has 0 saturated carbocycles. The van der Waals surface area contributed by atoms with Crippen LogP contribution in [0.25, 0.3) is 0 Å². The Labute approximate surface area is 149 Å². The highest BCUT2D eigenvalue weighted by Crippen LogP contribution is 2.16. The average Bonchev–Trinajstić information content (AvgIpc) is 2.65. The first-order valence-corrected chi connectivity index (χ1v) is 8.77. The molecular formula is C18H29FN4O2. The molecule has 1 aliphatic rings. The van der Waals surface area contributed by atoms with Crippen LogP contribution in [0.5, 0.6) is 0 Å². The number of guanidine groups is 1. The summed E-state index contributed by atoms with van der Waals surface area (Å²) < 4.78 is 23.4. The van der Waals surface area contributed by atoms with Gasteiger partial charge in [0.2, 0.25) is 0 Å². The normalized spacial score (nSPS) is 15.6. The molecule has 7 heteroatoms. The number of piperazine rings is 1. The molecule has 2 rings (SSSR count). The molecule has 0 radical (unpaired) electrons. The van der Waals surface area contributed by atoms with E-state index in [1.54, 1.807) is 7.11 Å². The summed E-state index contributed by atoms with van der Waals surface area (Å²) in [6, 6.07) is 6.69. The molecule has 0 aromatic heterocycles. The van der Waals surface area contributed by atoms with Crippen LogP contribution in [0.15, 0.2) is 29.3 Å². The number of nitrogens with zero attached hydrogens (tertiary/aromatic N) is 3. The van der Waals surface area contributed by atoms with E-state index in [9.17, 15) is 4.39 Å². The Kier molecular flexibility index (Phi) is 8.48. The van der Waals surface area contributed by atoms with Crippen molar-refractivity contribution in [3.63, 3.8) is 0 Å². The molecule has 0 atom stereocenters. The van der Waals surface area contributed by atoms with Gasteiger partial charge in [-0.15, -0.1) is 0 Å². The molecule has 1 saturated heterocycles. The Morgan fingerprint density at radius 2 is 1.84 bits per heavy atom. The first-order chi connectivity index (χ1) is 12.2. The maximum Gasteiger partial charge on any atom is 0.193 e. The smallest absolute Gasteiger partial charge is 0.193 e. The fourth-order valence-corrected chi connectivity index (χ4v) is 2.78. The van der Waals surface area contributed by atoms with Crippen LogP contribution in [-0.4, -0.2) is 77.6 Å². The predicted octanol–water partition coefficient (Wildman–Crippen LogP) is 1.58. The van der Waals surface area contributed by atoms with Crippen molar-refractivity contribution in [2.45, 2.75) is 6.42 Å². The lowest BCUT2D eigenvalue weighted by atomic mass is 10.2. The van der Waals surface area contributed by atoms with E-state index in [-0.39, 0.29) is 5.82 Å². The number of halogens is 1. The van der Waals surface area contributed by atoms with Gasteiger partial charge >= 0.3 is 0 Å². The van der Waals surface area contributed by atoms with Gasteiger partial charge in [0, 0.05) is 59.2 Å². The summed E-state index contributed by atoms with van der Waals surface area (Å²) in [5, 5.41) is 3.39. The summed E-state index contributed by atoms with van der Waals surface area (Å²) in [5.74, 6) is 0.730. The Bertz CT molecular complexity index is 516. The van der Waals surface area contributed by atoms with Gasteiger partial charge in [-0.25, -0.2) is 4.39 Å². The summed E-state index contributed by atoms with van der Waals surface area (Å²) >= 11 is 0. The third-order valence-corrected chi connectivity index (χ3v) is 4.16. The van der Waals surface area contributed by atoms with Crippen molar-refractivity contribution in [3.05, 3.63) is 30.1 Å². The molecule has 140 valence electrons. The van der Waals surface area contributed by atoms with Crippen LogP contribution in [0.2, 0.25) is 0 Å². The molecule has 0 aliphatic carbocycles. The second-order valence-corrected chi connectivity index (χ2v) is 5.88. The van der Waals surface area contributed by atoms with Gasteiger partial charge in [-0.05, 0) is 30.7 Å². The van der Waals surface area contributed by atoms with Gasteiger partial charge in [-0.1, -0.05) is 0 Å². The van der Waals surface area contributed by atoms with E-state index < -0.39 is 0 Å². The van der Waals surface area contributed by atoms with Crippen molar-refractivity contribution in [1.29, 1.82) is 0 Å². The molecule has 1 aliphatic heterocycles. The van der Waals surface area contributed by atoms with E-state index in [0.717, 1.165) is 50.8 Å². The minimum atomic E-state index is -0.196. The van der Waals surface area contributed by atoms with Gasteiger partial charge < -0.3 is 24.6 Å². The van der Waals surface area contributed by atoms with Crippen LogP contribution in [0.4, 0.5) is 10.1 Å². The van der Waals surface area contributed by atoms with Crippen LogP contribution in [0, 0.1) is 5.82 Å². The predicted molar refractivity (Wildman–Crippen MR) is 98.9 cm³/mol. The third kappa shape index (κ3) is 6.51. The van der Waals surface area contributed by atoms with Crippen LogP contribution in [0.1, 0.15) is 6.42 Å². The van der Waals surface area contributed by atoms with E-state index in [0.29, 0.717) is 19.8 Å². The fourth-order valence-electron chi connectivity index (χ4n) is 2.78. The van der Waals surface area contributed by atoms with Gasteiger partial charge in [0.15, 0.2) is 5.96 Å². The molecule has 1 aromatic carbocycles. The standard InChI is InChI=1S/C18H29FN4O2/c1-20-18(21-8-3-13-25-15-14-24-2)23-11-9-22(10-12-23)17-6-4-16(19)5-7-17/h4-7H,3,8-15H2,1-2H3,(H,20,21). The van der Waals surface area contributed by atoms with Crippen LogP contribution < -0.4 is 10.2 Å². The molecule has 1 fully saturated rings. The quantitative estimate of drug-likeness (QED) is 0.437. The molecule has 1 N–H and O–H groups in total. The molecule has 0 unspecified atom stereocenters. The maximum atomic E-state index is 13.0. The van der Waals surface area contributed by atoms with E-state index in [1.165, 1.54) is 12.1 Å². The first-order valence-electron chi connectivity index (χ1n) is 8.77. The summed E-state index contributed by atoms with van der Waals surface area (Å²) in [6.07, 6.45) is 0.929. The highest BCUT2D eigenvalue weighted by molar-refractivity contribution is 5.80. The Morgan fingerprint density at radius 1 is 1.12 bits per heavy atom. The van der Waals surface area contributed by atoms with Crippen LogP contribution in [0.3, 0.4) is 0 Å². The van der Waals surface area contributed by atoms with Crippen LogP contribution >= 0.6 is 0 Å². The van der Waals surface area contributed by atoms with Crippen molar-refractivity contribution in [3.8, 4) is 0 Å². The van der Waals surface area contributed by atoms with E-state index in [4.69, 9.17) is 9.47 Å². The summed E-state index contributed by atoms with van der Waals surface area (Å²) in [4.78, 5) is 8.90. The molecule has 1 heterocycles. The number of hydrogen-bond donors (Lipinski definition) is 1. The summed E-state index contributed by atoms with van der Waals surface area (Å²) in [5.41, 5.74) is 1.07. The molecule has 0 amide bonds. The number of hydrogen-bond acceptors (Lipinski definition) is 4. The molecule has 1 aromatic rings. The first kappa shape index (κ1) is 19.5. The lowest BCUT2D eigenvalue weighted by molar-refractivity contribution is 0.0698. The molecular weight excluding hydrogens is 323 g/mol. The topological polar surface area (TPSA) is 49.3 Å². The SMILES string of the molecule is CN=C(NCCCOCCOC)N1CCN(c2ccc(F)cc2)CC1. The van der Waals surface area contributed by atoms with Crippen molar-refractivity contribution >= 4 is 11.6 Å². The van der Waals surface area contributed by atoms with Gasteiger partial charge in [0.25, 0.3) is 0 Å². The number of anilines is 1. The summed E-state index contributed by atoms with van der Waals surface area (Å²) in [7, 11) is 3.48. The fraction of sp³-hybridized carbons (Fsp3) is 0.611. The van der Waals surface area contributed by atoms with Crippen molar-refractivity contribution < 1.29 is 13.9 Å². The lowest BCUT2D eigenvalue weighted by Gasteiger charge is -2.37. The van der Waals surface area contributed by atoms with Crippen molar-refractivity contribution in [2.24, 2.45) is 4.99 Å². The number of aliphatic imine (C=N–C) groups is 1. The van der Waals surface area contributed by atoms with E-state index in [2.05, 4.69) is 20.1 Å². The minimum absolute atomic E-state index is 0.196. The second-order valence-electron chi connectivity index (χ2n) is 5.88. The second kappa shape index (κ2) is 10.9. The number of ether oxygens (including phenoxy) is 2. The Morgan fingerprint density at radius 3 is 2.48 bits per heavy atom. The van der Waals surface area contributed by atoms with Crippen molar-refractivity contribution in [1.82, 2.24) is 10.2 Å². The van der Waals surface area contributed by atoms with E-state index in [1.807, 2.05) is 19.2 Å². The van der Waals surface area contributed by atoms with Gasteiger partial charge in [0.1, 0.15) is 5.82 Å². The van der Waals surface area contributed by atoms with Gasteiger partial charge in [-0.2, -0.15) is 0 Å². The monoisotopic (exact) mass is 352 g/mol. The number of benzene rings is 1. The average molecular weight is 352 g/mol. The van der Waals surface area contributed by atoms with Crippen LogP contribution in [-0.2, 0) is 9.47 Å². The van der Waals surface area contributed by atoms with Gasteiger partial charge in [-0.3, -0.25) is 4.99 Å². The van der Waals surface area contributed by atoms with Crippen molar-refractivity contribution in [2.75, 3.05) is 71.6 Å². The number of methoxy groups -OCH3 is 1. The van der Waals surface area contributed by atoms with E-state index >= 15 is 0 Å². The number of nitrogens with one attached hydrogen (secondary N) is 1. The highest BCUT2D eigenvalue weighted by Gasteiger charge is 2.19. The van der Waals surface area contributed by atoms with Gasteiger partial charge in [0.05, 0.1) is 13.2 Å². The zero-order chi connectivity index (χ0) is 17.9. The molecule has 6 nitrogen and oxygen atoms in total. The molecule has 0 bridgehead atoms. The Hall–Kier alpha value is -1.86. The largest absolute Gasteiger partial charge is 0.382 e.